The fourth-order valence-corrected chi connectivity index (χ4v) is 5.38. The lowest BCUT2D eigenvalue weighted by Crippen LogP contribution is -2.31. The highest BCUT2D eigenvalue weighted by Crippen LogP contribution is 2.40. The fraction of sp³-hybridized carbons (Fsp3) is 0.0400. The lowest BCUT2D eigenvalue weighted by molar-refractivity contribution is -0.385. The van der Waals surface area contributed by atoms with E-state index < -0.39 is 21.0 Å². The Hall–Kier alpha value is -4.17. The fourth-order valence-electron chi connectivity index (χ4n) is 4.17. The molecule has 5 rings (SSSR count). The second-order valence-electron chi connectivity index (χ2n) is 7.63. The van der Waals surface area contributed by atoms with E-state index in [0.29, 0.717) is 0 Å². The molecule has 0 fully saturated rings. The first-order chi connectivity index (χ1) is 16.0. The van der Waals surface area contributed by atoms with Crippen LogP contribution in [0.4, 0.5) is 5.69 Å². The summed E-state index contributed by atoms with van der Waals surface area (Å²) in [6.45, 7) is 0. The smallest absolute Gasteiger partial charge is 0.276 e. The molecule has 0 unspecified atom stereocenters. The molecule has 4 aromatic rings. The Morgan fingerprint density at radius 3 is 2.52 bits per heavy atom. The quantitative estimate of drug-likeness (QED) is 0.318. The lowest BCUT2D eigenvalue weighted by atomic mass is 9.92. The summed E-state index contributed by atoms with van der Waals surface area (Å²) < 4.78 is 28.3. The summed E-state index contributed by atoms with van der Waals surface area (Å²) in [6.07, 6.45) is 6.42. The number of fused-ring (bicyclic) bond motifs is 2. The normalized spacial score (nSPS) is 15.8. The van der Waals surface area contributed by atoms with Crippen molar-refractivity contribution in [1.29, 1.82) is 0 Å². The van der Waals surface area contributed by atoms with E-state index in [1.807, 2.05) is 54.7 Å². The van der Waals surface area contributed by atoms with Gasteiger partial charge in [0, 0.05) is 34.9 Å². The molecule has 8 heteroatoms. The van der Waals surface area contributed by atoms with Gasteiger partial charge in [0.15, 0.2) is 0 Å². The summed E-state index contributed by atoms with van der Waals surface area (Å²) in [4.78, 5) is 14.0. The average molecular weight is 458 g/mol. The highest BCUT2D eigenvalue weighted by atomic mass is 32.2. The van der Waals surface area contributed by atoms with Gasteiger partial charge in [-0.15, -0.1) is 0 Å². The number of H-pyrrole nitrogens is 1. The standard InChI is InChI=1S/C25H19N3O4S/c29-28(30)24-12-6-2-8-19(24)14-16-33(31,32)27-15-13-18-7-1-3-9-20(18)25(27)22-17-26-23-11-5-4-10-21(22)23/h1-17,25-26H/b16-14+/t25-/m1/s1. The number of hydrogen-bond donors (Lipinski definition) is 1. The van der Waals surface area contributed by atoms with Gasteiger partial charge in [0.1, 0.15) is 0 Å². The molecule has 1 atom stereocenters. The molecule has 164 valence electrons. The Morgan fingerprint density at radius 1 is 0.939 bits per heavy atom. The number of hydrogen-bond acceptors (Lipinski definition) is 4. The molecule has 0 radical (unpaired) electrons. The van der Waals surface area contributed by atoms with Crippen LogP contribution in [0, 0.1) is 10.1 Å². The van der Waals surface area contributed by atoms with Crippen LogP contribution in [0.1, 0.15) is 28.3 Å². The van der Waals surface area contributed by atoms with Crippen molar-refractivity contribution in [3.8, 4) is 0 Å². The molecule has 33 heavy (non-hydrogen) atoms. The van der Waals surface area contributed by atoms with Crippen molar-refractivity contribution in [3.05, 3.63) is 123 Å². The first-order valence-corrected chi connectivity index (χ1v) is 11.7. The van der Waals surface area contributed by atoms with Crippen LogP contribution in [0.25, 0.3) is 23.1 Å². The van der Waals surface area contributed by atoms with E-state index >= 15 is 0 Å². The first-order valence-electron chi connectivity index (χ1n) is 10.2. The zero-order valence-electron chi connectivity index (χ0n) is 17.3. The summed E-state index contributed by atoms with van der Waals surface area (Å²) in [6, 6.07) is 20.8. The highest BCUT2D eigenvalue weighted by Gasteiger charge is 2.33. The minimum absolute atomic E-state index is 0.156. The van der Waals surface area contributed by atoms with Crippen molar-refractivity contribution >= 4 is 38.8 Å². The molecule has 7 nitrogen and oxygen atoms in total. The van der Waals surface area contributed by atoms with Crippen molar-refractivity contribution in [1.82, 2.24) is 9.29 Å². The number of nitro groups is 1. The van der Waals surface area contributed by atoms with Crippen molar-refractivity contribution in [2.24, 2.45) is 0 Å². The van der Waals surface area contributed by atoms with E-state index in [1.165, 1.54) is 22.5 Å². The van der Waals surface area contributed by atoms with Gasteiger partial charge >= 0.3 is 0 Å². The van der Waals surface area contributed by atoms with Crippen molar-refractivity contribution in [2.45, 2.75) is 6.04 Å². The van der Waals surface area contributed by atoms with Crippen molar-refractivity contribution in [2.75, 3.05) is 0 Å². The van der Waals surface area contributed by atoms with Gasteiger partial charge in [0.25, 0.3) is 15.7 Å². The largest absolute Gasteiger partial charge is 0.361 e. The minimum Gasteiger partial charge on any atom is -0.361 e. The molecule has 3 aromatic carbocycles. The summed E-state index contributed by atoms with van der Waals surface area (Å²) >= 11 is 0. The van der Waals surface area contributed by atoms with Gasteiger partial charge in [-0.3, -0.25) is 14.4 Å². The van der Waals surface area contributed by atoms with E-state index in [2.05, 4.69) is 4.98 Å². The molecule has 0 bridgehead atoms. The Balaban J connectivity index is 1.62. The maximum atomic E-state index is 13.5. The van der Waals surface area contributed by atoms with Crippen molar-refractivity contribution < 1.29 is 13.3 Å². The summed E-state index contributed by atoms with van der Waals surface area (Å²) in [7, 11) is -3.98. The predicted octanol–water partition coefficient (Wildman–Crippen LogP) is 5.45. The van der Waals surface area contributed by atoms with E-state index in [9.17, 15) is 18.5 Å². The van der Waals surface area contributed by atoms with Crippen LogP contribution in [0.5, 0.6) is 0 Å². The average Bonchev–Trinajstić information content (AvgIpc) is 3.26. The molecule has 1 N–H and O–H groups in total. The molecular weight excluding hydrogens is 438 g/mol. The third kappa shape index (κ3) is 3.70. The van der Waals surface area contributed by atoms with Crippen LogP contribution in [-0.4, -0.2) is 22.6 Å². The molecule has 1 aliphatic heterocycles. The van der Waals surface area contributed by atoms with Crippen LogP contribution in [0.2, 0.25) is 0 Å². The molecule has 0 aliphatic carbocycles. The summed E-state index contributed by atoms with van der Waals surface area (Å²) in [5.74, 6) is 0. The van der Waals surface area contributed by atoms with E-state index in [0.717, 1.165) is 33.0 Å². The molecule has 0 saturated carbocycles. The highest BCUT2D eigenvalue weighted by molar-refractivity contribution is 7.92. The Bertz CT molecular complexity index is 1540. The molecule has 1 aliphatic rings. The predicted molar refractivity (Wildman–Crippen MR) is 129 cm³/mol. The lowest BCUT2D eigenvalue weighted by Gasteiger charge is -2.33. The summed E-state index contributed by atoms with van der Waals surface area (Å²) in [5, 5.41) is 13.3. The molecule has 2 heterocycles. The number of nitro benzene ring substituents is 1. The van der Waals surface area contributed by atoms with Gasteiger partial charge in [-0.25, -0.2) is 8.42 Å². The van der Waals surface area contributed by atoms with E-state index in [1.54, 1.807) is 24.4 Å². The molecule has 0 amide bonds. The number of nitrogens with zero attached hydrogens (tertiary/aromatic N) is 2. The number of aromatic nitrogens is 1. The Morgan fingerprint density at radius 2 is 1.67 bits per heavy atom. The third-order valence-electron chi connectivity index (χ3n) is 5.71. The molecule has 0 saturated heterocycles. The van der Waals surface area contributed by atoms with Gasteiger partial charge < -0.3 is 4.98 Å². The van der Waals surface area contributed by atoms with Gasteiger partial charge in [0.05, 0.1) is 21.9 Å². The number of benzene rings is 3. The maximum Gasteiger partial charge on any atom is 0.276 e. The zero-order chi connectivity index (χ0) is 23.0. The van der Waals surface area contributed by atoms with Crippen LogP contribution in [0.15, 0.2) is 90.6 Å². The topological polar surface area (TPSA) is 96.3 Å². The minimum atomic E-state index is -3.98. The zero-order valence-corrected chi connectivity index (χ0v) is 18.1. The van der Waals surface area contributed by atoms with Gasteiger partial charge in [-0.2, -0.15) is 0 Å². The molecule has 0 spiro atoms. The second-order valence-corrected chi connectivity index (χ2v) is 9.35. The summed E-state index contributed by atoms with van der Waals surface area (Å²) in [5.41, 5.74) is 3.58. The number of para-hydroxylation sites is 2. The van der Waals surface area contributed by atoms with Crippen LogP contribution in [0.3, 0.4) is 0 Å². The molecule has 1 aromatic heterocycles. The number of aromatic amines is 1. The van der Waals surface area contributed by atoms with Crippen LogP contribution < -0.4 is 0 Å². The van der Waals surface area contributed by atoms with Crippen molar-refractivity contribution in [3.63, 3.8) is 0 Å². The Kier molecular flexibility index (Phi) is 5.07. The van der Waals surface area contributed by atoms with E-state index in [4.69, 9.17) is 0 Å². The van der Waals surface area contributed by atoms with Crippen LogP contribution >= 0.6 is 0 Å². The monoisotopic (exact) mass is 457 g/mol. The molecular formula is C25H19N3O4S. The second kappa shape index (κ2) is 8.07. The van der Waals surface area contributed by atoms with Gasteiger partial charge in [0.2, 0.25) is 0 Å². The van der Waals surface area contributed by atoms with Crippen LogP contribution in [-0.2, 0) is 10.0 Å². The van der Waals surface area contributed by atoms with Gasteiger partial charge in [-0.1, -0.05) is 54.6 Å². The van der Waals surface area contributed by atoms with E-state index in [-0.39, 0.29) is 11.3 Å². The third-order valence-corrected chi connectivity index (χ3v) is 7.11. The Labute approximate surface area is 190 Å². The first kappa shape index (κ1) is 20.7. The SMILES string of the molecule is O=[N+]([O-])c1ccccc1/C=C/S(=O)(=O)N1C=Cc2ccccc2[C@@H]1c1c[nH]c2ccccc12. The number of nitrogens with one attached hydrogen (secondary N) is 1. The maximum absolute atomic E-state index is 13.5. The number of sulfonamides is 1. The van der Waals surface area contributed by atoms with Gasteiger partial charge in [-0.05, 0) is 35.4 Å². The number of rotatable bonds is 5.